The number of nitrogens with zero attached hydrogens (tertiary/aromatic N) is 2. The minimum Gasteiger partial charge on any atom is -0.298 e. The van der Waals surface area contributed by atoms with Crippen LogP contribution < -0.4 is 0 Å². The molecule has 0 spiro atoms. The molecular formula is C16H22N2O. The highest BCUT2D eigenvalue weighted by Gasteiger charge is 2.33. The fraction of sp³-hybridized carbons (Fsp3) is 0.562. The summed E-state index contributed by atoms with van der Waals surface area (Å²) in [7, 11) is 0. The first-order valence-electron chi connectivity index (χ1n) is 7.33. The smallest absolute Gasteiger partial charge is 0.179 e. The first kappa shape index (κ1) is 12.8. The van der Waals surface area contributed by atoms with Gasteiger partial charge in [0, 0.05) is 37.8 Å². The van der Waals surface area contributed by atoms with E-state index in [0.29, 0.717) is 0 Å². The van der Waals surface area contributed by atoms with Gasteiger partial charge < -0.3 is 0 Å². The molecule has 1 aliphatic carbocycles. The Kier molecular flexibility index (Phi) is 3.67. The number of hydrogen-bond acceptors (Lipinski definition) is 3. The molecule has 0 amide bonds. The maximum absolute atomic E-state index is 12.4. The molecular weight excluding hydrogens is 236 g/mol. The number of ketones is 1. The van der Waals surface area contributed by atoms with Crippen LogP contribution in [0.2, 0.25) is 0 Å². The van der Waals surface area contributed by atoms with E-state index < -0.39 is 0 Å². The zero-order valence-corrected chi connectivity index (χ0v) is 11.6. The average Bonchev–Trinajstić information content (AvgIpc) is 3.31. The molecule has 2 aliphatic rings. The topological polar surface area (TPSA) is 23.6 Å². The van der Waals surface area contributed by atoms with E-state index in [1.165, 1.54) is 12.8 Å². The number of rotatable bonds is 4. The number of carbonyl (C=O) groups excluding carboxylic acids is 1. The number of Topliss-reactive ketones (excluding diaryl/α,β-unsaturated/α-hetero) is 1. The molecule has 0 radical (unpaired) electrons. The largest absolute Gasteiger partial charge is 0.298 e. The summed E-state index contributed by atoms with van der Waals surface area (Å²) < 4.78 is 0. The van der Waals surface area contributed by atoms with Crippen molar-refractivity contribution in [2.75, 3.05) is 26.2 Å². The van der Waals surface area contributed by atoms with Gasteiger partial charge in [-0.05, 0) is 19.8 Å². The van der Waals surface area contributed by atoms with Gasteiger partial charge >= 0.3 is 0 Å². The molecule has 1 saturated carbocycles. The second kappa shape index (κ2) is 5.43. The number of hydrogen-bond donors (Lipinski definition) is 0. The summed E-state index contributed by atoms with van der Waals surface area (Å²) >= 11 is 0. The van der Waals surface area contributed by atoms with Gasteiger partial charge in [-0.3, -0.25) is 14.6 Å². The van der Waals surface area contributed by atoms with Crippen LogP contribution >= 0.6 is 0 Å². The second-order valence-corrected chi connectivity index (χ2v) is 5.71. The van der Waals surface area contributed by atoms with Crippen LogP contribution in [0.4, 0.5) is 0 Å². The van der Waals surface area contributed by atoms with Crippen molar-refractivity contribution >= 4 is 5.78 Å². The fourth-order valence-electron chi connectivity index (χ4n) is 2.94. The summed E-state index contributed by atoms with van der Waals surface area (Å²) in [5.74, 6) is 0.250. The molecule has 1 aromatic carbocycles. The lowest BCUT2D eigenvalue weighted by Gasteiger charge is -2.37. The molecule has 1 atom stereocenters. The zero-order chi connectivity index (χ0) is 13.2. The lowest BCUT2D eigenvalue weighted by molar-refractivity contribution is 0.0687. The summed E-state index contributed by atoms with van der Waals surface area (Å²) in [5, 5.41) is 0. The van der Waals surface area contributed by atoms with Crippen LogP contribution in [0.3, 0.4) is 0 Å². The van der Waals surface area contributed by atoms with E-state index in [1.807, 2.05) is 37.3 Å². The number of carbonyl (C=O) groups is 1. The predicted molar refractivity (Wildman–Crippen MR) is 76.4 cm³/mol. The minimum absolute atomic E-state index is 0.00348. The van der Waals surface area contributed by atoms with E-state index in [-0.39, 0.29) is 11.8 Å². The Bertz CT molecular complexity index is 433. The normalized spacial score (nSPS) is 23.2. The Morgan fingerprint density at radius 1 is 1.11 bits per heavy atom. The van der Waals surface area contributed by atoms with E-state index in [1.54, 1.807) is 0 Å². The monoisotopic (exact) mass is 258 g/mol. The van der Waals surface area contributed by atoms with Gasteiger partial charge in [0.25, 0.3) is 0 Å². The van der Waals surface area contributed by atoms with Gasteiger partial charge in [0.05, 0.1) is 6.04 Å². The summed E-state index contributed by atoms with van der Waals surface area (Å²) in [4.78, 5) is 17.3. The van der Waals surface area contributed by atoms with Gasteiger partial charge in [0.2, 0.25) is 0 Å². The molecule has 3 nitrogen and oxygen atoms in total. The van der Waals surface area contributed by atoms with Gasteiger partial charge in [0.15, 0.2) is 5.78 Å². The SMILES string of the molecule is CC(C(=O)c1ccccc1)N1CCN(C2CC2)CC1. The molecule has 0 bridgehead atoms. The van der Waals surface area contributed by atoms with Crippen LogP contribution in [-0.4, -0.2) is 53.8 Å². The fourth-order valence-corrected chi connectivity index (χ4v) is 2.94. The number of benzene rings is 1. The molecule has 1 aliphatic heterocycles. The third-order valence-corrected chi connectivity index (χ3v) is 4.40. The Balaban J connectivity index is 1.58. The molecule has 19 heavy (non-hydrogen) atoms. The molecule has 1 saturated heterocycles. The molecule has 2 fully saturated rings. The molecule has 3 rings (SSSR count). The van der Waals surface area contributed by atoms with Gasteiger partial charge in [-0.2, -0.15) is 0 Å². The van der Waals surface area contributed by atoms with Crippen molar-refractivity contribution in [3.63, 3.8) is 0 Å². The molecule has 102 valence electrons. The third kappa shape index (κ3) is 2.88. The van der Waals surface area contributed by atoms with Gasteiger partial charge in [0.1, 0.15) is 0 Å². The lowest BCUT2D eigenvalue weighted by Crippen LogP contribution is -2.52. The van der Waals surface area contributed by atoms with Crippen molar-refractivity contribution in [2.45, 2.75) is 31.8 Å². The van der Waals surface area contributed by atoms with Gasteiger partial charge in [-0.1, -0.05) is 30.3 Å². The highest BCUT2D eigenvalue weighted by molar-refractivity contribution is 5.99. The quantitative estimate of drug-likeness (QED) is 0.772. The van der Waals surface area contributed by atoms with Crippen molar-refractivity contribution in [3.8, 4) is 0 Å². The standard InChI is InChI=1S/C16H22N2O/c1-13(16(19)14-5-3-2-4-6-14)17-9-11-18(12-10-17)15-7-8-15/h2-6,13,15H,7-12H2,1H3. The van der Waals surface area contributed by atoms with E-state index in [0.717, 1.165) is 37.8 Å². The second-order valence-electron chi connectivity index (χ2n) is 5.71. The third-order valence-electron chi connectivity index (χ3n) is 4.40. The summed E-state index contributed by atoms with van der Waals surface area (Å²) in [6, 6.07) is 10.5. The van der Waals surface area contributed by atoms with Crippen LogP contribution in [0.5, 0.6) is 0 Å². The molecule has 0 N–H and O–H groups in total. The van der Waals surface area contributed by atoms with Gasteiger partial charge in [-0.25, -0.2) is 0 Å². The van der Waals surface area contributed by atoms with E-state index in [9.17, 15) is 4.79 Å². The van der Waals surface area contributed by atoms with Gasteiger partial charge in [-0.15, -0.1) is 0 Å². The zero-order valence-electron chi connectivity index (χ0n) is 11.6. The molecule has 1 heterocycles. The maximum Gasteiger partial charge on any atom is 0.179 e. The highest BCUT2D eigenvalue weighted by atomic mass is 16.1. The molecule has 1 aromatic rings. The Morgan fingerprint density at radius 2 is 1.74 bits per heavy atom. The van der Waals surface area contributed by atoms with Crippen molar-refractivity contribution in [1.29, 1.82) is 0 Å². The Labute approximate surface area is 115 Å². The highest BCUT2D eigenvalue weighted by Crippen LogP contribution is 2.27. The molecule has 1 unspecified atom stereocenters. The van der Waals surface area contributed by atoms with E-state index in [4.69, 9.17) is 0 Å². The molecule has 3 heteroatoms. The van der Waals surface area contributed by atoms with Crippen LogP contribution in [0.15, 0.2) is 30.3 Å². The lowest BCUT2D eigenvalue weighted by atomic mass is 10.0. The average molecular weight is 258 g/mol. The van der Waals surface area contributed by atoms with E-state index >= 15 is 0 Å². The van der Waals surface area contributed by atoms with Crippen LogP contribution in [0, 0.1) is 0 Å². The first-order valence-corrected chi connectivity index (χ1v) is 7.33. The van der Waals surface area contributed by atoms with Crippen molar-refractivity contribution < 1.29 is 4.79 Å². The van der Waals surface area contributed by atoms with Crippen LogP contribution in [-0.2, 0) is 0 Å². The maximum atomic E-state index is 12.4. The number of piperazine rings is 1. The minimum atomic E-state index is 0.00348. The summed E-state index contributed by atoms with van der Waals surface area (Å²) in [6.45, 7) is 6.34. The van der Waals surface area contributed by atoms with Crippen LogP contribution in [0.1, 0.15) is 30.1 Å². The molecule has 0 aromatic heterocycles. The van der Waals surface area contributed by atoms with Crippen molar-refractivity contribution in [1.82, 2.24) is 9.80 Å². The summed E-state index contributed by atoms with van der Waals surface area (Å²) in [6.07, 6.45) is 2.75. The van der Waals surface area contributed by atoms with E-state index in [2.05, 4.69) is 9.80 Å². The van der Waals surface area contributed by atoms with Crippen LogP contribution in [0.25, 0.3) is 0 Å². The Morgan fingerprint density at radius 3 is 2.32 bits per heavy atom. The Hall–Kier alpha value is -1.19. The van der Waals surface area contributed by atoms with Crippen molar-refractivity contribution in [2.24, 2.45) is 0 Å². The predicted octanol–water partition coefficient (Wildman–Crippen LogP) is 2.04. The first-order chi connectivity index (χ1) is 9.25. The summed E-state index contributed by atoms with van der Waals surface area (Å²) in [5.41, 5.74) is 0.833. The van der Waals surface area contributed by atoms with Crippen molar-refractivity contribution in [3.05, 3.63) is 35.9 Å².